The van der Waals surface area contributed by atoms with Crippen LogP contribution in [0.1, 0.15) is 34.1 Å². The van der Waals surface area contributed by atoms with Crippen molar-refractivity contribution in [3.8, 4) is 0 Å². The Morgan fingerprint density at radius 3 is 2.29 bits per heavy atom. The summed E-state index contributed by atoms with van der Waals surface area (Å²) in [5.74, 6) is -1.69. The molecular weight excluding hydrogens is 382 g/mol. The molecule has 0 radical (unpaired) electrons. The molecule has 0 aliphatic rings. The summed E-state index contributed by atoms with van der Waals surface area (Å²) in [5.41, 5.74) is 0.983. The summed E-state index contributed by atoms with van der Waals surface area (Å²) < 4.78 is 21.7. The number of benzene rings is 2. The molecule has 2 aromatic carbocycles. The molecule has 0 saturated carbocycles. The Morgan fingerprint density at radius 1 is 0.964 bits per heavy atom. The van der Waals surface area contributed by atoms with Crippen LogP contribution in [0.5, 0.6) is 0 Å². The predicted molar refractivity (Wildman–Crippen MR) is 105 cm³/mol. The molecule has 0 bridgehead atoms. The molecule has 0 unspecified atom stereocenters. The van der Waals surface area contributed by atoms with Gasteiger partial charge in [0, 0.05) is 11.9 Å². The second kappa shape index (κ2) is 10.4. The molecule has 8 heteroatoms. The lowest BCUT2D eigenvalue weighted by molar-refractivity contribution is -0.119. The Kier molecular flexibility index (Phi) is 7.88. The molecule has 0 aliphatic carbocycles. The second-order valence-electron chi connectivity index (χ2n) is 5.79. The molecular formula is C20H21NO6S. The van der Waals surface area contributed by atoms with Crippen LogP contribution >= 0.6 is 0 Å². The molecule has 0 aliphatic heterocycles. The maximum Gasteiger partial charge on any atom is 0.339 e. The first-order valence-corrected chi connectivity index (χ1v) is 10.1. The number of hydrogen-bond acceptors (Lipinski definition) is 6. The smallest absolute Gasteiger partial charge is 0.339 e. The minimum absolute atomic E-state index is 0.158. The van der Waals surface area contributed by atoms with Gasteiger partial charge in [0.25, 0.3) is 5.91 Å². The monoisotopic (exact) mass is 403 g/mol. The van der Waals surface area contributed by atoms with E-state index < -0.39 is 35.3 Å². The summed E-state index contributed by atoms with van der Waals surface area (Å²) in [7, 11) is -1.35. The van der Waals surface area contributed by atoms with Gasteiger partial charge in [-0.15, -0.1) is 0 Å². The lowest BCUT2D eigenvalue weighted by Crippen LogP contribution is -2.21. The number of rotatable bonds is 8. The fourth-order valence-electron chi connectivity index (χ4n) is 2.26. The van der Waals surface area contributed by atoms with E-state index in [4.69, 9.17) is 9.47 Å². The third-order valence-corrected chi connectivity index (χ3v) is 4.57. The minimum Gasteiger partial charge on any atom is -0.462 e. The van der Waals surface area contributed by atoms with Gasteiger partial charge in [0.15, 0.2) is 6.61 Å². The van der Waals surface area contributed by atoms with Crippen LogP contribution in [0.2, 0.25) is 0 Å². The molecule has 0 heterocycles. The van der Waals surface area contributed by atoms with Crippen LogP contribution in [-0.4, -0.2) is 41.5 Å². The summed E-state index contributed by atoms with van der Waals surface area (Å²) in [6.07, 6.45) is 2.19. The van der Waals surface area contributed by atoms with Crippen molar-refractivity contribution in [2.45, 2.75) is 18.2 Å². The van der Waals surface area contributed by atoms with Crippen LogP contribution in [0, 0.1) is 0 Å². The number of anilines is 1. The standard InChI is InChI=1S/C20H21NO6S/c1-3-12-26-19(23)14-8-10-15(11-9-14)21-18(22)13-27-20(24)16-6-4-5-7-17(16)28(2)25/h4-11H,3,12-13H2,1-2H3,(H,21,22)/t28-/m0/s1. The van der Waals surface area contributed by atoms with Crippen LogP contribution < -0.4 is 5.32 Å². The zero-order valence-corrected chi connectivity index (χ0v) is 16.4. The predicted octanol–water partition coefficient (Wildman–Crippen LogP) is 2.79. The molecule has 1 N–H and O–H groups in total. The number of carbonyl (C=O) groups excluding carboxylic acids is 3. The van der Waals surface area contributed by atoms with Crippen molar-refractivity contribution in [1.29, 1.82) is 0 Å². The van der Waals surface area contributed by atoms with Crippen molar-refractivity contribution >= 4 is 34.3 Å². The highest BCUT2D eigenvalue weighted by molar-refractivity contribution is 7.84. The molecule has 1 atom stereocenters. The topological polar surface area (TPSA) is 98.8 Å². The maximum absolute atomic E-state index is 12.1. The number of ether oxygens (including phenoxy) is 2. The summed E-state index contributed by atoms with van der Waals surface area (Å²) in [6, 6.07) is 12.5. The SMILES string of the molecule is CCCOC(=O)c1ccc(NC(=O)COC(=O)c2ccccc2[S@](C)=O)cc1. The van der Waals surface area contributed by atoms with E-state index >= 15 is 0 Å². The lowest BCUT2D eigenvalue weighted by atomic mass is 10.2. The Labute approximate surface area is 165 Å². The van der Waals surface area contributed by atoms with Crippen LogP contribution in [0.3, 0.4) is 0 Å². The molecule has 2 rings (SSSR count). The molecule has 0 spiro atoms. The van der Waals surface area contributed by atoms with Gasteiger partial charge in [0.2, 0.25) is 0 Å². The number of carbonyl (C=O) groups is 3. The first-order chi connectivity index (χ1) is 13.4. The van der Waals surface area contributed by atoms with Crippen LogP contribution in [-0.2, 0) is 25.1 Å². The van der Waals surface area contributed by atoms with Gasteiger partial charge >= 0.3 is 11.9 Å². The zero-order chi connectivity index (χ0) is 20.5. The fourth-order valence-corrected chi connectivity index (χ4v) is 2.99. The largest absolute Gasteiger partial charge is 0.462 e. The Balaban J connectivity index is 1.90. The third-order valence-electron chi connectivity index (χ3n) is 3.59. The molecule has 0 fully saturated rings. The minimum atomic E-state index is -1.35. The highest BCUT2D eigenvalue weighted by atomic mass is 32.2. The van der Waals surface area contributed by atoms with Gasteiger partial charge in [-0.1, -0.05) is 19.1 Å². The van der Waals surface area contributed by atoms with Crippen molar-refractivity contribution in [3.05, 3.63) is 59.7 Å². The fraction of sp³-hybridized carbons (Fsp3) is 0.250. The van der Waals surface area contributed by atoms with Gasteiger partial charge in [-0.2, -0.15) is 0 Å². The van der Waals surface area contributed by atoms with E-state index in [1.165, 1.54) is 24.5 Å². The van der Waals surface area contributed by atoms with E-state index in [0.29, 0.717) is 22.8 Å². The van der Waals surface area contributed by atoms with Crippen LogP contribution in [0.15, 0.2) is 53.4 Å². The third kappa shape index (κ3) is 6.02. The van der Waals surface area contributed by atoms with Crippen LogP contribution in [0.25, 0.3) is 0 Å². The number of esters is 2. The van der Waals surface area contributed by atoms with Crippen molar-refractivity contribution in [2.24, 2.45) is 0 Å². The highest BCUT2D eigenvalue weighted by Crippen LogP contribution is 2.14. The summed E-state index contributed by atoms with van der Waals surface area (Å²) >= 11 is 0. The van der Waals surface area contributed by atoms with Crippen molar-refractivity contribution in [1.82, 2.24) is 0 Å². The summed E-state index contributed by atoms with van der Waals surface area (Å²) in [6.45, 7) is 1.75. The Hall–Kier alpha value is -3.00. The Bertz CT molecular complexity index is 879. The zero-order valence-electron chi connectivity index (χ0n) is 15.6. The van der Waals surface area contributed by atoms with E-state index in [-0.39, 0.29) is 5.56 Å². The van der Waals surface area contributed by atoms with Gasteiger partial charge in [-0.25, -0.2) is 9.59 Å². The van der Waals surface area contributed by atoms with Gasteiger partial charge in [-0.05, 0) is 42.8 Å². The van der Waals surface area contributed by atoms with Crippen molar-refractivity contribution < 1.29 is 28.1 Å². The first-order valence-electron chi connectivity index (χ1n) is 8.59. The van der Waals surface area contributed by atoms with Crippen molar-refractivity contribution in [3.63, 3.8) is 0 Å². The lowest BCUT2D eigenvalue weighted by Gasteiger charge is -2.09. The van der Waals surface area contributed by atoms with Gasteiger partial charge in [0.05, 0.1) is 33.4 Å². The van der Waals surface area contributed by atoms with Crippen molar-refractivity contribution in [2.75, 3.05) is 24.8 Å². The number of nitrogens with one attached hydrogen (secondary N) is 1. The van der Waals surface area contributed by atoms with Gasteiger partial charge in [0.1, 0.15) is 0 Å². The van der Waals surface area contributed by atoms with E-state index in [9.17, 15) is 18.6 Å². The first kappa shape index (κ1) is 21.3. The van der Waals surface area contributed by atoms with Crippen LogP contribution in [0.4, 0.5) is 5.69 Å². The molecule has 0 saturated heterocycles. The number of hydrogen-bond donors (Lipinski definition) is 1. The molecule has 28 heavy (non-hydrogen) atoms. The van der Waals surface area contributed by atoms with Gasteiger partial charge < -0.3 is 14.8 Å². The Morgan fingerprint density at radius 2 is 1.64 bits per heavy atom. The molecule has 148 valence electrons. The second-order valence-corrected chi connectivity index (χ2v) is 7.14. The molecule has 7 nitrogen and oxygen atoms in total. The van der Waals surface area contributed by atoms with Gasteiger partial charge in [-0.3, -0.25) is 9.00 Å². The van der Waals surface area contributed by atoms with E-state index in [0.717, 1.165) is 6.42 Å². The molecule has 2 aromatic rings. The number of amides is 1. The average Bonchev–Trinajstić information content (AvgIpc) is 2.70. The average molecular weight is 403 g/mol. The molecule has 0 aromatic heterocycles. The van der Waals surface area contributed by atoms with E-state index in [2.05, 4.69) is 5.32 Å². The quantitative estimate of drug-likeness (QED) is 0.681. The maximum atomic E-state index is 12.1. The van der Waals surface area contributed by atoms with E-state index in [1.807, 2.05) is 6.92 Å². The molecule has 1 amide bonds. The summed E-state index contributed by atoms with van der Waals surface area (Å²) in [4.78, 5) is 36.2. The normalized spacial score (nSPS) is 11.4. The van der Waals surface area contributed by atoms with E-state index in [1.54, 1.807) is 30.3 Å². The highest BCUT2D eigenvalue weighted by Gasteiger charge is 2.16. The summed E-state index contributed by atoms with van der Waals surface area (Å²) in [5, 5.41) is 2.57.